The van der Waals surface area contributed by atoms with Gasteiger partial charge >= 0.3 is 0 Å². The number of ether oxygens (including phenoxy) is 2. The van der Waals surface area contributed by atoms with Gasteiger partial charge in [0.05, 0.1) is 38.2 Å². The summed E-state index contributed by atoms with van der Waals surface area (Å²) < 4.78 is 10.8. The number of anilines is 1. The number of amides is 2. The summed E-state index contributed by atoms with van der Waals surface area (Å²) in [6, 6.07) is 15.3. The molecule has 3 rings (SSSR count). The van der Waals surface area contributed by atoms with Gasteiger partial charge in [-0.3, -0.25) is 9.59 Å². The lowest BCUT2D eigenvalue weighted by atomic mass is 10.0. The maximum Gasteiger partial charge on any atom is 0.236 e. The molecule has 6 nitrogen and oxygen atoms in total. The van der Waals surface area contributed by atoms with E-state index < -0.39 is 0 Å². The summed E-state index contributed by atoms with van der Waals surface area (Å²) in [6.45, 7) is 6.00. The summed E-state index contributed by atoms with van der Waals surface area (Å²) in [7, 11) is 0. The normalized spacial score (nSPS) is 12.2. The van der Waals surface area contributed by atoms with Crippen molar-refractivity contribution in [3.05, 3.63) is 65.2 Å². The van der Waals surface area contributed by atoms with Crippen LogP contribution in [0, 0.1) is 11.8 Å². The van der Waals surface area contributed by atoms with E-state index in [0.29, 0.717) is 32.9 Å². The first-order valence-corrected chi connectivity index (χ1v) is 10.5. The summed E-state index contributed by atoms with van der Waals surface area (Å²) >= 11 is 0. The molecule has 1 heterocycles. The molecule has 0 radical (unpaired) electrons. The van der Waals surface area contributed by atoms with Gasteiger partial charge in [-0.1, -0.05) is 42.2 Å². The van der Waals surface area contributed by atoms with Crippen LogP contribution in [0.15, 0.2) is 48.5 Å². The molecule has 2 amide bonds. The van der Waals surface area contributed by atoms with Crippen molar-refractivity contribution in [3.63, 3.8) is 0 Å². The minimum Gasteiger partial charge on any atom is -0.377 e. The predicted octanol–water partition coefficient (Wildman–Crippen LogP) is 2.88. The highest BCUT2D eigenvalue weighted by Crippen LogP contribution is 2.25. The minimum atomic E-state index is -0.328. The fraction of sp³-hybridized carbons (Fsp3) is 0.360. The van der Waals surface area contributed by atoms with Gasteiger partial charge < -0.3 is 19.7 Å². The van der Waals surface area contributed by atoms with Crippen molar-refractivity contribution in [1.82, 2.24) is 5.32 Å². The SMILES string of the molecule is CC(C)OCCOCCNC(=O)CC(=O)N1Cc2ccccc2C#Cc2ccccc21. The molecule has 162 valence electrons. The third-order valence-corrected chi connectivity index (χ3v) is 4.73. The topological polar surface area (TPSA) is 67.9 Å². The highest BCUT2D eigenvalue weighted by atomic mass is 16.5. The number of nitrogens with one attached hydrogen (secondary N) is 1. The molecule has 0 bridgehead atoms. The Hall–Kier alpha value is -3.14. The molecule has 0 spiro atoms. The Kier molecular flexibility index (Phi) is 8.22. The van der Waals surface area contributed by atoms with Crippen LogP contribution in [0.2, 0.25) is 0 Å². The quantitative estimate of drug-likeness (QED) is 0.385. The van der Waals surface area contributed by atoms with Crippen molar-refractivity contribution in [2.75, 3.05) is 31.3 Å². The second-order valence-electron chi connectivity index (χ2n) is 7.46. The molecule has 0 atom stereocenters. The number of rotatable bonds is 9. The number of para-hydroxylation sites is 1. The zero-order valence-corrected chi connectivity index (χ0v) is 18.0. The molecule has 6 heteroatoms. The fourth-order valence-corrected chi connectivity index (χ4v) is 3.21. The summed E-state index contributed by atoms with van der Waals surface area (Å²) in [5.74, 6) is 5.74. The van der Waals surface area contributed by atoms with Crippen molar-refractivity contribution in [3.8, 4) is 11.8 Å². The number of benzene rings is 2. The molecule has 0 aliphatic carbocycles. The molecule has 1 aliphatic heterocycles. The van der Waals surface area contributed by atoms with Crippen LogP contribution < -0.4 is 10.2 Å². The van der Waals surface area contributed by atoms with E-state index in [1.807, 2.05) is 62.4 Å². The van der Waals surface area contributed by atoms with Crippen LogP contribution in [0.4, 0.5) is 5.69 Å². The van der Waals surface area contributed by atoms with Gasteiger partial charge in [-0.25, -0.2) is 0 Å². The Morgan fingerprint density at radius 2 is 1.71 bits per heavy atom. The molecule has 0 unspecified atom stereocenters. The summed E-state index contributed by atoms with van der Waals surface area (Å²) in [5, 5.41) is 2.74. The maximum atomic E-state index is 13.1. The Labute approximate surface area is 183 Å². The van der Waals surface area contributed by atoms with E-state index in [1.165, 1.54) is 0 Å². The molecule has 1 aliphatic rings. The Balaban J connectivity index is 1.58. The first-order valence-electron chi connectivity index (χ1n) is 10.5. The number of hydrogen-bond acceptors (Lipinski definition) is 4. The van der Waals surface area contributed by atoms with Crippen LogP contribution in [0.1, 0.15) is 37.0 Å². The molecule has 0 fully saturated rings. The summed E-state index contributed by atoms with van der Waals surface area (Å²) in [5.41, 5.74) is 3.33. The number of carbonyl (C=O) groups excluding carboxylic acids is 2. The third-order valence-electron chi connectivity index (χ3n) is 4.73. The van der Waals surface area contributed by atoms with Crippen LogP contribution in [0.25, 0.3) is 0 Å². The zero-order valence-electron chi connectivity index (χ0n) is 18.0. The molecule has 2 aromatic rings. The van der Waals surface area contributed by atoms with Gasteiger partial charge in [0, 0.05) is 17.7 Å². The van der Waals surface area contributed by atoms with Gasteiger partial charge in [0.25, 0.3) is 0 Å². The Bertz CT molecular complexity index is 975. The predicted molar refractivity (Wildman–Crippen MR) is 120 cm³/mol. The number of hydrogen-bond donors (Lipinski definition) is 1. The monoisotopic (exact) mass is 420 g/mol. The summed E-state index contributed by atoms with van der Waals surface area (Å²) in [6.07, 6.45) is -0.0684. The maximum absolute atomic E-state index is 13.1. The Morgan fingerprint density at radius 3 is 2.52 bits per heavy atom. The Morgan fingerprint density at radius 1 is 1.00 bits per heavy atom. The first kappa shape index (κ1) is 22.5. The lowest BCUT2D eigenvalue weighted by molar-refractivity contribution is -0.128. The average Bonchev–Trinajstić information content (AvgIpc) is 2.74. The van der Waals surface area contributed by atoms with Gasteiger partial charge in [-0.15, -0.1) is 0 Å². The van der Waals surface area contributed by atoms with E-state index in [-0.39, 0.29) is 24.3 Å². The van der Waals surface area contributed by atoms with Crippen molar-refractivity contribution < 1.29 is 19.1 Å². The van der Waals surface area contributed by atoms with Crippen LogP contribution in [0.5, 0.6) is 0 Å². The number of nitrogens with zero attached hydrogens (tertiary/aromatic N) is 1. The molecule has 2 aromatic carbocycles. The van der Waals surface area contributed by atoms with Gasteiger partial charge in [0.2, 0.25) is 11.8 Å². The molecule has 0 aromatic heterocycles. The van der Waals surface area contributed by atoms with E-state index in [4.69, 9.17) is 9.47 Å². The van der Waals surface area contributed by atoms with Crippen LogP contribution in [0.3, 0.4) is 0 Å². The van der Waals surface area contributed by atoms with E-state index in [1.54, 1.807) is 4.90 Å². The van der Waals surface area contributed by atoms with E-state index in [0.717, 1.165) is 22.4 Å². The van der Waals surface area contributed by atoms with Crippen molar-refractivity contribution in [1.29, 1.82) is 0 Å². The average molecular weight is 421 g/mol. The van der Waals surface area contributed by atoms with Gasteiger partial charge in [0.1, 0.15) is 6.42 Å². The number of fused-ring (bicyclic) bond motifs is 2. The highest BCUT2D eigenvalue weighted by Gasteiger charge is 2.23. The minimum absolute atomic E-state index is 0.167. The molecule has 1 N–H and O–H groups in total. The van der Waals surface area contributed by atoms with Crippen molar-refractivity contribution >= 4 is 17.5 Å². The smallest absolute Gasteiger partial charge is 0.236 e. The molecular weight excluding hydrogens is 392 g/mol. The van der Waals surface area contributed by atoms with E-state index >= 15 is 0 Å². The standard InChI is InChI=1S/C25H28N2O4/c1-19(2)31-16-15-30-14-13-26-24(28)17-25(29)27-18-22-9-4-3-7-20(22)11-12-21-8-5-6-10-23(21)27/h3-10,19H,13-18H2,1-2H3,(H,26,28). The molecule has 0 saturated heterocycles. The fourth-order valence-electron chi connectivity index (χ4n) is 3.21. The second kappa shape index (κ2) is 11.3. The van der Waals surface area contributed by atoms with E-state index in [9.17, 15) is 9.59 Å². The number of carbonyl (C=O) groups is 2. The van der Waals surface area contributed by atoms with Gasteiger partial charge in [-0.05, 0) is 37.6 Å². The van der Waals surface area contributed by atoms with Crippen LogP contribution >= 0.6 is 0 Å². The lowest BCUT2D eigenvalue weighted by Crippen LogP contribution is -2.37. The van der Waals surface area contributed by atoms with Crippen molar-refractivity contribution in [2.24, 2.45) is 0 Å². The van der Waals surface area contributed by atoms with E-state index in [2.05, 4.69) is 17.2 Å². The highest BCUT2D eigenvalue weighted by molar-refractivity contribution is 6.05. The third kappa shape index (κ3) is 6.68. The molecular formula is C25H28N2O4. The molecule has 0 saturated carbocycles. The van der Waals surface area contributed by atoms with Gasteiger partial charge in [0.15, 0.2) is 0 Å². The lowest BCUT2D eigenvalue weighted by Gasteiger charge is -2.25. The largest absolute Gasteiger partial charge is 0.377 e. The van der Waals surface area contributed by atoms with Gasteiger partial charge in [-0.2, -0.15) is 0 Å². The van der Waals surface area contributed by atoms with Crippen molar-refractivity contribution in [2.45, 2.75) is 32.9 Å². The summed E-state index contributed by atoms with van der Waals surface area (Å²) in [4.78, 5) is 27.0. The molecule has 31 heavy (non-hydrogen) atoms. The van der Waals surface area contributed by atoms with Crippen LogP contribution in [-0.4, -0.2) is 44.3 Å². The first-order chi connectivity index (χ1) is 15.0. The second-order valence-corrected chi connectivity index (χ2v) is 7.46. The van der Waals surface area contributed by atoms with Crippen LogP contribution in [-0.2, 0) is 25.6 Å². The zero-order chi connectivity index (χ0) is 22.1.